The summed E-state index contributed by atoms with van der Waals surface area (Å²) in [6.07, 6.45) is 0.239. The van der Waals surface area contributed by atoms with Crippen molar-refractivity contribution in [2.75, 3.05) is 0 Å². The van der Waals surface area contributed by atoms with Crippen LogP contribution in [0.15, 0.2) is 51.9 Å². The monoisotopic (exact) mass is 354 g/mol. The molecule has 3 rings (SSSR count). The van der Waals surface area contributed by atoms with Crippen LogP contribution in [-0.2, 0) is 4.79 Å². The fraction of sp³-hybridized carbons (Fsp3) is 0.200. The van der Waals surface area contributed by atoms with Crippen molar-refractivity contribution in [3.8, 4) is 17.2 Å². The number of rotatable bonds is 5. The molecule has 3 aromatic rings. The summed E-state index contributed by atoms with van der Waals surface area (Å²) in [5.74, 6) is -0.103. The van der Waals surface area contributed by atoms with E-state index in [1.807, 2.05) is 32.0 Å². The van der Waals surface area contributed by atoms with Crippen LogP contribution in [0.25, 0.3) is 11.0 Å². The number of carboxylic acid groups (broad SMARTS) is 1. The van der Waals surface area contributed by atoms with Gasteiger partial charge in [0.25, 0.3) is 0 Å². The Morgan fingerprint density at radius 3 is 2.62 bits per heavy atom. The van der Waals surface area contributed by atoms with Crippen LogP contribution in [0.1, 0.15) is 18.1 Å². The third-order valence-electron chi connectivity index (χ3n) is 3.94. The fourth-order valence-electron chi connectivity index (χ4n) is 2.42. The molecule has 1 N–H and O–H groups in total. The summed E-state index contributed by atoms with van der Waals surface area (Å²) >= 11 is 0. The second-order valence-electron chi connectivity index (χ2n) is 6.06. The third-order valence-corrected chi connectivity index (χ3v) is 3.94. The van der Waals surface area contributed by atoms with E-state index in [2.05, 4.69) is 0 Å². The average Bonchev–Trinajstić information content (AvgIpc) is 2.60. The van der Waals surface area contributed by atoms with Crippen molar-refractivity contribution >= 4 is 16.9 Å². The molecular formula is C20H18O6. The van der Waals surface area contributed by atoms with Gasteiger partial charge in [0.05, 0.1) is 5.39 Å². The van der Waals surface area contributed by atoms with Gasteiger partial charge in [-0.25, -0.2) is 4.79 Å². The molecule has 1 atom stereocenters. The first-order valence-corrected chi connectivity index (χ1v) is 8.05. The molecule has 1 heterocycles. The van der Waals surface area contributed by atoms with Gasteiger partial charge in [-0.1, -0.05) is 12.1 Å². The van der Waals surface area contributed by atoms with Crippen molar-refractivity contribution in [3.63, 3.8) is 0 Å². The van der Waals surface area contributed by atoms with Gasteiger partial charge >= 0.3 is 5.97 Å². The number of ether oxygens (including phenoxy) is 2. The van der Waals surface area contributed by atoms with Crippen LogP contribution in [-0.4, -0.2) is 17.2 Å². The van der Waals surface area contributed by atoms with Gasteiger partial charge in [-0.2, -0.15) is 0 Å². The van der Waals surface area contributed by atoms with Gasteiger partial charge in [0.2, 0.25) is 11.2 Å². The predicted octanol–water partition coefficient (Wildman–Crippen LogP) is 4.05. The first-order valence-electron chi connectivity index (χ1n) is 8.05. The number of aliphatic carboxylic acids is 1. The molecule has 2 aromatic carbocycles. The molecular weight excluding hydrogens is 336 g/mol. The zero-order valence-corrected chi connectivity index (χ0v) is 14.6. The summed E-state index contributed by atoms with van der Waals surface area (Å²) in [5, 5.41) is 9.23. The van der Waals surface area contributed by atoms with Gasteiger partial charge in [0.1, 0.15) is 23.3 Å². The van der Waals surface area contributed by atoms with E-state index in [0.29, 0.717) is 22.5 Å². The quantitative estimate of drug-likeness (QED) is 0.744. The summed E-state index contributed by atoms with van der Waals surface area (Å²) in [7, 11) is 0. The lowest BCUT2D eigenvalue weighted by molar-refractivity contribution is -0.144. The van der Waals surface area contributed by atoms with Crippen LogP contribution in [0.3, 0.4) is 0 Å². The van der Waals surface area contributed by atoms with Crippen molar-refractivity contribution < 1.29 is 23.8 Å². The Bertz CT molecular complexity index is 1030. The number of aryl methyl sites for hydroxylation is 2. The van der Waals surface area contributed by atoms with Gasteiger partial charge in [0.15, 0.2) is 6.10 Å². The van der Waals surface area contributed by atoms with Gasteiger partial charge in [-0.05, 0) is 50.1 Å². The van der Waals surface area contributed by atoms with E-state index in [0.717, 1.165) is 11.1 Å². The second-order valence-corrected chi connectivity index (χ2v) is 6.06. The maximum absolute atomic E-state index is 12.7. The Kier molecular flexibility index (Phi) is 4.67. The lowest BCUT2D eigenvalue weighted by Gasteiger charge is -2.11. The van der Waals surface area contributed by atoms with E-state index in [1.165, 1.54) is 31.4 Å². The summed E-state index contributed by atoms with van der Waals surface area (Å²) < 4.78 is 16.5. The Morgan fingerprint density at radius 2 is 1.88 bits per heavy atom. The van der Waals surface area contributed by atoms with Crippen molar-refractivity contribution in [2.24, 2.45) is 0 Å². The highest BCUT2D eigenvalue weighted by Gasteiger charge is 2.15. The van der Waals surface area contributed by atoms with Gasteiger partial charge in [-0.3, -0.25) is 4.79 Å². The molecule has 0 aliphatic carbocycles. The number of fused-ring (bicyclic) bond motifs is 1. The smallest absolute Gasteiger partial charge is 0.344 e. The molecule has 0 saturated carbocycles. The third kappa shape index (κ3) is 3.54. The lowest BCUT2D eigenvalue weighted by atomic mass is 10.1. The highest BCUT2D eigenvalue weighted by atomic mass is 16.5. The number of hydrogen-bond acceptors (Lipinski definition) is 5. The summed E-state index contributed by atoms with van der Waals surface area (Å²) in [4.78, 5) is 23.5. The molecule has 26 heavy (non-hydrogen) atoms. The Labute approximate surface area is 149 Å². The van der Waals surface area contributed by atoms with Gasteiger partial charge < -0.3 is 19.0 Å². The highest BCUT2D eigenvalue weighted by molar-refractivity contribution is 5.79. The second kappa shape index (κ2) is 6.92. The van der Waals surface area contributed by atoms with Crippen LogP contribution in [0.5, 0.6) is 17.2 Å². The number of carbonyl (C=O) groups is 1. The summed E-state index contributed by atoms with van der Waals surface area (Å²) in [6.45, 7) is 5.25. The van der Waals surface area contributed by atoms with E-state index >= 15 is 0 Å². The minimum Gasteiger partial charge on any atom is -0.479 e. The number of hydrogen-bond donors (Lipinski definition) is 1. The van der Waals surface area contributed by atoms with Crippen LogP contribution in [0.2, 0.25) is 0 Å². The summed E-state index contributed by atoms with van der Waals surface area (Å²) in [6, 6.07) is 10.3. The molecule has 0 aliphatic heterocycles. The molecule has 6 nitrogen and oxygen atoms in total. The van der Waals surface area contributed by atoms with Gasteiger partial charge in [0, 0.05) is 6.07 Å². The van der Waals surface area contributed by atoms with Crippen molar-refractivity contribution in [1.29, 1.82) is 0 Å². The van der Waals surface area contributed by atoms with Crippen molar-refractivity contribution in [1.82, 2.24) is 0 Å². The molecule has 0 fully saturated rings. The molecule has 0 radical (unpaired) electrons. The van der Waals surface area contributed by atoms with Crippen LogP contribution in [0.4, 0.5) is 0 Å². The molecule has 0 spiro atoms. The number of benzene rings is 2. The average molecular weight is 354 g/mol. The zero-order chi connectivity index (χ0) is 18.8. The molecule has 6 heteroatoms. The molecule has 0 amide bonds. The molecule has 1 unspecified atom stereocenters. The fourth-order valence-corrected chi connectivity index (χ4v) is 2.42. The molecule has 134 valence electrons. The van der Waals surface area contributed by atoms with E-state index in [4.69, 9.17) is 19.0 Å². The lowest BCUT2D eigenvalue weighted by Crippen LogP contribution is -2.22. The highest BCUT2D eigenvalue weighted by Crippen LogP contribution is 2.27. The largest absolute Gasteiger partial charge is 0.479 e. The van der Waals surface area contributed by atoms with E-state index < -0.39 is 12.1 Å². The van der Waals surface area contributed by atoms with Crippen LogP contribution < -0.4 is 14.9 Å². The molecule has 0 aliphatic rings. The first kappa shape index (κ1) is 17.5. The minimum atomic E-state index is -1.08. The molecule has 0 saturated heterocycles. The van der Waals surface area contributed by atoms with Gasteiger partial charge in [-0.15, -0.1) is 0 Å². The maximum Gasteiger partial charge on any atom is 0.344 e. The first-order chi connectivity index (χ1) is 12.3. The predicted molar refractivity (Wildman–Crippen MR) is 96.2 cm³/mol. The zero-order valence-electron chi connectivity index (χ0n) is 14.6. The van der Waals surface area contributed by atoms with Crippen LogP contribution >= 0.6 is 0 Å². The topological polar surface area (TPSA) is 86.0 Å². The van der Waals surface area contributed by atoms with Crippen molar-refractivity contribution in [2.45, 2.75) is 26.9 Å². The Morgan fingerprint density at radius 1 is 1.12 bits per heavy atom. The van der Waals surface area contributed by atoms with Crippen LogP contribution in [0, 0.1) is 13.8 Å². The van der Waals surface area contributed by atoms with E-state index in [-0.39, 0.29) is 11.2 Å². The number of carboxylic acids is 1. The van der Waals surface area contributed by atoms with Crippen molar-refractivity contribution in [3.05, 3.63) is 64.0 Å². The van der Waals surface area contributed by atoms with E-state index in [9.17, 15) is 9.59 Å². The normalized spacial score (nSPS) is 12.0. The SMILES string of the molecule is Cc1ccc(C)c(Oc2coc3cc(OC(C)C(=O)O)ccc3c2=O)c1. The minimum absolute atomic E-state index is 0.0822. The molecule has 0 bridgehead atoms. The standard InChI is InChI=1S/C20H18O6/c1-11-4-5-12(2)16(8-11)26-18-10-24-17-9-14(25-13(3)20(22)23)6-7-15(17)19(18)21/h4-10,13H,1-3H3,(H,22,23). The Balaban J connectivity index is 1.95. The maximum atomic E-state index is 12.7. The summed E-state index contributed by atoms with van der Waals surface area (Å²) in [5.41, 5.74) is 1.90. The Hall–Kier alpha value is -3.28. The molecule has 1 aromatic heterocycles. The van der Waals surface area contributed by atoms with E-state index in [1.54, 1.807) is 0 Å².